The van der Waals surface area contributed by atoms with Crippen molar-refractivity contribution in [3.05, 3.63) is 89.8 Å². The third-order valence-corrected chi connectivity index (χ3v) is 4.69. The highest BCUT2D eigenvalue weighted by molar-refractivity contribution is 8.04. The van der Waals surface area contributed by atoms with Crippen LogP contribution in [0.25, 0.3) is 0 Å². The van der Waals surface area contributed by atoms with E-state index >= 15 is 0 Å². The lowest BCUT2D eigenvalue weighted by Crippen LogP contribution is -2.05. The van der Waals surface area contributed by atoms with Gasteiger partial charge in [0.05, 0.1) is 10.9 Å². The second-order valence-electron chi connectivity index (χ2n) is 3.98. The van der Waals surface area contributed by atoms with Crippen LogP contribution in [0.3, 0.4) is 0 Å². The summed E-state index contributed by atoms with van der Waals surface area (Å²) in [5, 5.41) is 0. The van der Waals surface area contributed by atoms with Gasteiger partial charge in [-0.05, 0) is 37.8 Å². The number of hydrogen-bond acceptors (Lipinski definition) is 0. The Balaban J connectivity index is 3.15. The number of benzene rings is 1. The molecule has 0 aliphatic rings. The van der Waals surface area contributed by atoms with Crippen LogP contribution in [0.15, 0.2) is 94.7 Å². The van der Waals surface area contributed by atoms with Gasteiger partial charge < -0.3 is 0 Å². The van der Waals surface area contributed by atoms with E-state index in [-0.39, 0.29) is 10.9 Å². The Morgan fingerprint density at radius 2 is 1.84 bits per heavy atom. The molecule has 0 heterocycles. The van der Waals surface area contributed by atoms with Crippen molar-refractivity contribution in [2.45, 2.75) is 18.7 Å². The molecule has 0 saturated carbocycles. The van der Waals surface area contributed by atoms with Gasteiger partial charge in [0.2, 0.25) is 0 Å². The van der Waals surface area contributed by atoms with E-state index in [9.17, 15) is 0 Å². The number of rotatable bonds is 6. The van der Waals surface area contributed by atoms with Gasteiger partial charge in [0.15, 0.2) is 9.80 Å². The Kier molecular flexibility index (Phi) is 6.76. The first-order valence-corrected chi connectivity index (χ1v) is 7.50. The topological polar surface area (TPSA) is 0 Å². The fourth-order valence-electron chi connectivity index (χ4n) is 1.64. The van der Waals surface area contributed by atoms with E-state index < -0.39 is 0 Å². The van der Waals surface area contributed by atoms with Gasteiger partial charge >= 0.3 is 0 Å². The van der Waals surface area contributed by atoms with Gasteiger partial charge in [-0.1, -0.05) is 49.1 Å². The molecule has 0 aliphatic carbocycles. The lowest BCUT2D eigenvalue weighted by Gasteiger charge is -2.07. The molecule has 1 aromatic rings. The van der Waals surface area contributed by atoms with Crippen molar-refractivity contribution in [2.24, 2.45) is 0 Å². The Morgan fingerprint density at radius 3 is 2.42 bits per heavy atom. The summed E-state index contributed by atoms with van der Waals surface area (Å²) in [6, 6.07) is 10.5. The van der Waals surface area contributed by atoms with Crippen LogP contribution >= 0.6 is 0 Å². The monoisotopic (exact) mass is 269 g/mol. The summed E-state index contributed by atoms with van der Waals surface area (Å²) in [6.07, 6.45) is 12.0. The minimum absolute atomic E-state index is 0.0995. The summed E-state index contributed by atoms with van der Waals surface area (Å²) in [5.41, 5.74) is 0. The SMILES string of the molecule is C=C/C=C\C(=C)[S+](/C(C)=C/C=C\C)c1ccccc1. The van der Waals surface area contributed by atoms with E-state index in [2.05, 4.69) is 56.5 Å². The zero-order chi connectivity index (χ0) is 14.1. The lowest BCUT2D eigenvalue weighted by atomic mass is 10.4. The van der Waals surface area contributed by atoms with Crippen LogP contribution in [0.1, 0.15) is 13.8 Å². The second-order valence-corrected chi connectivity index (χ2v) is 6.24. The predicted octanol–water partition coefficient (Wildman–Crippen LogP) is 5.40. The Bertz CT molecular complexity index is 504. The van der Waals surface area contributed by atoms with Gasteiger partial charge in [-0.2, -0.15) is 0 Å². The normalized spacial score (nSPS) is 13.9. The van der Waals surface area contributed by atoms with Crippen LogP contribution in [0.5, 0.6) is 0 Å². The van der Waals surface area contributed by atoms with Crippen LogP contribution < -0.4 is 0 Å². The fourth-order valence-corrected chi connectivity index (χ4v) is 3.59. The third-order valence-electron chi connectivity index (χ3n) is 2.50. The molecule has 0 amide bonds. The standard InChI is InChI=1S/C18H21S/c1-5-7-12-16(3)19(17(4)13-8-6-2)18-14-10-9-11-15-18/h5-15H,1,3H2,2,4H3/q+1/b8-6-,12-7-,17-13+. The molecule has 0 radical (unpaired) electrons. The molecule has 0 nitrogen and oxygen atoms in total. The van der Waals surface area contributed by atoms with Crippen LogP contribution in [-0.4, -0.2) is 0 Å². The average Bonchev–Trinajstić information content (AvgIpc) is 2.44. The maximum Gasteiger partial charge on any atom is 0.166 e. The van der Waals surface area contributed by atoms with Crippen molar-refractivity contribution in [3.63, 3.8) is 0 Å². The largest absolute Gasteiger partial charge is 0.166 e. The third kappa shape index (κ3) is 4.80. The molecular weight excluding hydrogens is 248 g/mol. The molecule has 0 saturated heterocycles. The minimum atomic E-state index is -0.0995. The summed E-state index contributed by atoms with van der Waals surface area (Å²) in [6.45, 7) is 12.1. The van der Waals surface area contributed by atoms with Crippen molar-refractivity contribution < 1.29 is 0 Å². The maximum atomic E-state index is 4.21. The van der Waals surface area contributed by atoms with Gasteiger partial charge in [0.25, 0.3) is 0 Å². The molecule has 0 spiro atoms. The maximum absolute atomic E-state index is 4.21. The fraction of sp³-hybridized carbons (Fsp3) is 0.111. The van der Waals surface area contributed by atoms with Crippen LogP contribution in [0, 0.1) is 0 Å². The molecular formula is C18H21S+. The van der Waals surface area contributed by atoms with Crippen molar-refractivity contribution in [3.8, 4) is 0 Å². The molecule has 0 aliphatic heterocycles. The van der Waals surface area contributed by atoms with E-state index in [0.717, 1.165) is 4.91 Å². The highest BCUT2D eigenvalue weighted by Gasteiger charge is 2.27. The minimum Gasteiger partial charge on any atom is -0.0991 e. The number of allylic oxidation sites excluding steroid dienone is 7. The van der Waals surface area contributed by atoms with Crippen molar-refractivity contribution >= 4 is 10.9 Å². The zero-order valence-corrected chi connectivity index (χ0v) is 12.5. The lowest BCUT2D eigenvalue weighted by molar-refractivity contribution is 1.44. The molecule has 98 valence electrons. The van der Waals surface area contributed by atoms with Crippen LogP contribution in [0.2, 0.25) is 0 Å². The first-order chi connectivity index (χ1) is 9.20. The van der Waals surface area contributed by atoms with Crippen molar-refractivity contribution in [1.82, 2.24) is 0 Å². The van der Waals surface area contributed by atoms with E-state index in [1.165, 1.54) is 9.80 Å². The zero-order valence-electron chi connectivity index (χ0n) is 11.7. The molecule has 0 aromatic heterocycles. The molecule has 19 heavy (non-hydrogen) atoms. The smallest absolute Gasteiger partial charge is 0.0991 e. The molecule has 1 atom stereocenters. The summed E-state index contributed by atoms with van der Waals surface area (Å²) >= 11 is 0. The second kappa shape index (κ2) is 8.39. The highest BCUT2D eigenvalue weighted by atomic mass is 32.2. The van der Waals surface area contributed by atoms with Crippen LogP contribution in [-0.2, 0) is 10.9 Å². The van der Waals surface area contributed by atoms with Gasteiger partial charge in [0, 0.05) is 6.92 Å². The highest BCUT2D eigenvalue weighted by Crippen LogP contribution is 2.28. The summed E-state index contributed by atoms with van der Waals surface area (Å²) in [4.78, 5) is 3.70. The summed E-state index contributed by atoms with van der Waals surface area (Å²) in [5.74, 6) is 0. The molecule has 0 N–H and O–H groups in total. The molecule has 1 aromatic carbocycles. The van der Waals surface area contributed by atoms with Crippen LogP contribution in [0.4, 0.5) is 0 Å². The van der Waals surface area contributed by atoms with E-state index in [4.69, 9.17) is 0 Å². The molecule has 1 heteroatoms. The first-order valence-electron chi connectivity index (χ1n) is 6.27. The Morgan fingerprint density at radius 1 is 1.16 bits per heavy atom. The van der Waals surface area contributed by atoms with Crippen molar-refractivity contribution in [2.75, 3.05) is 0 Å². The average molecular weight is 269 g/mol. The van der Waals surface area contributed by atoms with Crippen molar-refractivity contribution in [1.29, 1.82) is 0 Å². The molecule has 1 rings (SSSR count). The van der Waals surface area contributed by atoms with Gasteiger partial charge in [-0.15, -0.1) is 0 Å². The van der Waals surface area contributed by atoms with E-state index in [1.807, 2.05) is 31.2 Å². The summed E-state index contributed by atoms with van der Waals surface area (Å²) in [7, 11) is -0.0995. The Labute approximate surface area is 119 Å². The van der Waals surface area contributed by atoms with E-state index in [0.29, 0.717) is 0 Å². The van der Waals surface area contributed by atoms with Gasteiger partial charge in [-0.25, -0.2) is 0 Å². The molecule has 1 unspecified atom stereocenters. The Hall–Kier alpha value is -1.73. The quantitative estimate of drug-likeness (QED) is 0.479. The van der Waals surface area contributed by atoms with E-state index in [1.54, 1.807) is 6.08 Å². The number of hydrogen-bond donors (Lipinski definition) is 0. The molecule has 0 bridgehead atoms. The first kappa shape index (κ1) is 15.3. The molecule has 0 fully saturated rings. The van der Waals surface area contributed by atoms with Gasteiger partial charge in [0.1, 0.15) is 4.91 Å². The predicted molar refractivity (Wildman–Crippen MR) is 89.1 cm³/mol. The van der Waals surface area contributed by atoms with Gasteiger partial charge in [-0.3, -0.25) is 0 Å². The summed E-state index contributed by atoms with van der Waals surface area (Å²) < 4.78 is 0.